The van der Waals surface area contributed by atoms with Gasteiger partial charge in [-0.1, -0.05) is 69.1 Å². The predicted molar refractivity (Wildman–Crippen MR) is 90.3 cm³/mol. The van der Waals surface area contributed by atoms with Crippen LogP contribution in [-0.2, 0) is 4.79 Å². The van der Waals surface area contributed by atoms with Gasteiger partial charge in [0, 0.05) is 15.6 Å². The van der Waals surface area contributed by atoms with Crippen LogP contribution in [0.2, 0.25) is 0 Å². The molecular weight excluding hydrogens is 382 g/mol. The number of amides is 1. The van der Waals surface area contributed by atoms with Crippen LogP contribution in [0.25, 0.3) is 0 Å². The number of nitrogens with one attached hydrogen (secondary N) is 1. The molecule has 0 aromatic heterocycles. The number of carbonyl (C=O) groups excluding carboxylic acids is 1. The minimum atomic E-state index is 0.0615. The van der Waals surface area contributed by atoms with Gasteiger partial charge in [-0.05, 0) is 31.2 Å². The van der Waals surface area contributed by atoms with Crippen molar-refractivity contribution in [2.24, 2.45) is 11.8 Å². The van der Waals surface area contributed by atoms with Gasteiger partial charge in [0.1, 0.15) is 0 Å². The molecule has 0 unspecified atom stereocenters. The van der Waals surface area contributed by atoms with E-state index in [1.807, 2.05) is 25.1 Å². The SMILES string of the molecule is C[C@@H]1C[C@@H](Br)[C@H](Br)C[C@H]1C(=O)N[C@H](C)c1ccccc1. The third-order valence-electron chi connectivity index (χ3n) is 4.15. The molecule has 1 aromatic carbocycles. The lowest BCUT2D eigenvalue weighted by Crippen LogP contribution is -2.42. The van der Waals surface area contributed by atoms with Crippen LogP contribution in [0.3, 0.4) is 0 Å². The molecule has 0 spiro atoms. The van der Waals surface area contributed by atoms with Crippen LogP contribution in [0, 0.1) is 11.8 Å². The molecule has 110 valence electrons. The number of alkyl halides is 2. The summed E-state index contributed by atoms with van der Waals surface area (Å²) < 4.78 is 0. The van der Waals surface area contributed by atoms with Gasteiger partial charge >= 0.3 is 0 Å². The Morgan fingerprint density at radius 2 is 1.80 bits per heavy atom. The van der Waals surface area contributed by atoms with Crippen LogP contribution < -0.4 is 5.32 Å². The van der Waals surface area contributed by atoms with Crippen LogP contribution in [0.15, 0.2) is 30.3 Å². The van der Waals surface area contributed by atoms with Crippen LogP contribution >= 0.6 is 31.9 Å². The van der Waals surface area contributed by atoms with Crippen molar-refractivity contribution in [3.63, 3.8) is 0 Å². The molecule has 2 rings (SSSR count). The fourth-order valence-electron chi connectivity index (χ4n) is 2.80. The topological polar surface area (TPSA) is 29.1 Å². The fraction of sp³-hybridized carbons (Fsp3) is 0.562. The van der Waals surface area contributed by atoms with Crippen LogP contribution in [0.4, 0.5) is 0 Å². The van der Waals surface area contributed by atoms with Crippen molar-refractivity contribution in [2.45, 2.75) is 42.4 Å². The van der Waals surface area contributed by atoms with Crippen molar-refractivity contribution in [3.05, 3.63) is 35.9 Å². The van der Waals surface area contributed by atoms with Crippen molar-refractivity contribution in [2.75, 3.05) is 0 Å². The molecule has 0 heterocycles. The van der Waals surface area contributed by atoms with E-state index in [1.165, 1.54) is 0 Å². The van der Waals surface area contributed by atoms with Gasteiger partial charge in [0.15, 0.2) is 0 Å². The second-order valence-corrected chi connectivity index (χ2v) is 8.08. The number of hydrogen-bond donors (Lipinski definition) is 1. The summed E-state index contributed by atoms with van der Waals surface area (Å²) in [7, 11) is 0. The summed E-state index contributed by atoms with van der Waals surface area (Å²) >= 11 is 7.35. The van der Waals surface area contributed by atoms with E-state index in [2.05, 4.69) is 56.2 Å². The molecule has 0 radical (unpaired) electrons. The number of halogens is 2. The lowest BCUT2D eigenvalue weighted by atomic mass is 9.79. The highest BCUT2D eigenvalue weighted by molar-refractivity contribution is 9.12. The standard InChI is InChI=1S/C16H21Br2NO/c1-10-8-14(17)15(18)9-13(10)16(20)19-11(2)12-6-4-3-5-7-12/h3-7,10-11,13-15H,8-9H2,1-2H3,(H,19,20)/t10-,11-,13-,14-,15-/m1/s1. The molecular formula is C16H21Br2NO. The highest BCUT2D eigenvalue weighted by Gasteiger charge is 2.36. The maximum absolute atomic E-state index is 12.5. The van der Waals surface area contributed by atoms with Gasteiger partial charge in [0.25, 0.3) is 0 Å². The Hall–Kier alpha value is -0.350. The second-order valence-electron chi connectivity index (χ2n) is 5.73. The molecule has 20 heavy (non-hydrogen) atoms. The summed E-state index contributed by atoms with van der Waals surface area (Å²) in [5, 5.41) is 3.16. The van der Waals surface area contributed by atoms with E-state index >= 15 is 0 Å². The average molecular weight is 403 g/mol. The van der Waals surface area contributed by atoms with Gasteiger partial charge in [-0.25, -0.2) is 0 Å². The van der Waals surface area contributed by atoms with E-state index in [4.69, 9.17) is 0 Å². The Morgan fingerprint density at radius 1 is 1.20 bits per heavy atom. The second kappa shape index (κ2) is 7.08. The Balaban J connectivity index is 1.98. The highest BCUT2D eigenvalue weighted by atomic mass is 79.9. The van der Waals surface area contributed by atoms with Crippen LogP contribution in [-0.4, -0.2) is 15.6 Å². The Bertz CT molecular complexity index is 451. The number of benzene rings is 1. The van der Waals surface area contributed by atoms with Crippen molar-refractivity contribution >= 4 is 37.8 Å². The van der Waals surface area contributed by atoms with Crippen molar-refractivity contribution in [3.8, 4) is 0 Å². The molecule has 1 N–H and O–H groups in total. The number of hydrogen-bond acceptors (Lipinski definition) is 1. The molecule has 1 amide bonds. The Morgan fingerprint density at radius 3 is 2.45 bits per heavy atom. The summed E-state index contributed by atoms with van der Waals surface area (Å²) in [6, 6.07) is 10.2. The van der Waals surface area contributed by atoms with Gasteiger partial charge in [-0.3, -0.25) is 4.79 Å². The van der Waals surface area contributed by atoms with Gasteiger partial charge in [-0.2, -0.15) is 0 Å². The van der Waals surface area contributed by atoms with Gasteiger partial charge in [-0.15, -0.1) is 0 Å². The summed E-state index contributed by atoms with van der Waals surface area (Å²) in [5.74, 6) is 0.688. The first-order valence-corrected chi connectivity index (χ1v) is 8.95. The minimum Gasteiger partial charge on any atom is -0.349 e. The number of rotatable bonds is 3. The summed E-state index contributed by atoms with van der Waals surface area (Å²) in [6.07, 6.45) is 1.93. The normalized spacial score (nSPS) is 31.6. The van der Waals surface area contributed by atoms with Gasteiger partial charge in [0.2, 0.25) is 5.91 Å². The lowest BCUT2D eigenvalue weighted by Gasteiger charge is -2.35. The molecule has 1 aliphatic rings. The molecule has 5 atom stereocenters. The maximum Gasteiger partial charge on any atom is 0.223 e. The first kappa shape index (κ1) is 16.0. The molecule has 4 heteroatoms. The molecule has 1 aromatic rings. The highest BCUT2D eigenvalue weighted by Crippen LogP contribution is 2.37. The zero-order chi connectivity index (χ0) is 14.7. The maximum atomic E-state index is 12.5. The summed E-state index contributed by atoms with van der Waals surface area (Å²) in [6.45, 7) is 4.21. The van der Waals surface area contributed by atoms with E-state index < -0.39 is 0 Å². The molecule has 1 aliphatic carbocycles. The van der Waals surface area contributed by atoms with E-state index in [0.717, 1.165) is 18.4 Å². The third kappa shape index (κ3) is 3.85. The van der Waals surface area contributed by atoms with Crippen molar-refractivity contribution in [1.29, 1.82) is 0 Å². The summed E-state index contributed by atoms with van der Waals surface area (Å²) in [4.78, 5) is 13.3. The zero-order valence-electron chi connectivity index (χ0n) is 11.9. The minimum absolute atomic E-state index is 0.0615. The smallest absolute Gasteiger partial charge is 0.223 e. The zero-order valence-corrected chi connectivity index (χ0v) is 15.0. The number of carbonyl (C=O) groups is 1. The molecule has 1 saturated carbocycles. The van der Waals surface area contributed by atoms with Crippen molar-refractivity contribution < 1.29 is 4.79 Å². The van der Waals surface area contributed by atoms with Crippen molar-refractivity contribution in [1.82, 2.24) is 5.32 Å². The van der Waals surface area contributed by atoms with E-state index in [-0.39, 0.29) is 17.9 Å². The van der Waals surface area contributed by atoms with E-state index in [0.29, 0.717) is 15.6 Å². The third-order valence-corrected chi connectivity index (χ3v) is 6.88. The average Bonchev–Trinajstić information content (AvgIpc) is 2.43. The Kier molecular flexibility index (Phi) is 5.67. The molecule has 0 bridgehead atoms. The van der Waals surface area contributed by atoms with Crippen LogP contribution in [0.1, 0.15) is 38.3 Å². The predicted octanol–water partition coefficient (Wildman–Crippen LogP) is 4.44. The quantitative estimate of drug-likeness (QED) is 0.744. The molecule has 0 aliphatic heterocycles. The lowest BCUT2D eigenvalue weighted by molar-refractivity contribution is -0.128. The largest absolute Gasteiger partial charge is 0.349 e. The van der Waals surface area contributed by atoms with E-state index in [9.17, 15) is 4.79 Å². The van der Waals surface area contributed by atoms with E-state index in [1.54, 1.807) is 0 Å². The molecule has 2 nitrogen and oxygen atoms in total. The molecule has 1 fully saturated rings. The molecule has 0 saturated heterocycles. The first-order chi connectivity index (χ1) is 9.49. The monoisotopic (exact) mass is 401 g/mol. The van der Waals surface area contributed by atoms with Gasteiger partial charge in [0.05, 0.1) is 6.04 Å². The fourth-order valence-corrected chi connectivity index (χ4v) is 4.22. The first-order valence-electron chi connectivity index (χ1n) is 7.12. The van der Waals surface area contributed by atoms with Gasteiger partial charge < -0.3 is 5.32 Å². The Labute approximate surface area is 138 Å². The summed E-state index contributed by atoms with van der Waals surface area (Å²) in [5.41, 5.74) is 1.15. The van der Waals surface area contributed by atoms with Crippen LogP contribution in [0.5, 0.6) is 0 Å².